The van der Waals surface area contributed by atoms with Crippen molar-refractivity contribution >= 4 is 27.5 Å². The summed E-state index contributed by atoms with van der Waals surface area (Å²) >= 11 is 0. The first kappa shape index (κ1) is 35.7. The average molecular weight is 686 g/mol. The molecule has 1 aliphatic rings. The molecule has 2 atom stereocenters. The van der Waals surface area contributed by atoms with E-state index in [0.29, 0.717) is 11.8 Å². The van der Waals surface area contributed by atoms with Crippen LogP contribution in [0.2, 0.25) is 0 Å². The van der Waals surface area contributed by atoms with Crippen LogP contribution in [-0.2, 0) is 18.3 Å². The number of benzene rings is 4. The molecule has 2 unspecified atom stereocenters. The summed E-state index contributed by atoms with van der Waals surface area (Å²) in [5.74, 6) is 0.811. The van der Waals surface area contributed by atoms with Gasteiger partial charge < -0.3 is 4.42 Å². The summed E-state index contributed by atoms with van der Waals surface area (Å²) in [6.45, 7) is 20.2. The van der Waals surface area contributed by atoms with Gasteiger partial charge in [-0.05, 0) is 133 Å². The van der Waals surface area contributed by atoms with Gasteiger partial charge in [-0.15, -0.1) is 0 Å². The first-order valence-electron chi connectivity index (χ1n) is 19.4. The van der Waals surface area contributed by atoms with Crippen molar-refractivity contribution in [3.63, 3.8) is 0 Å². The fourth-order valence-corrected chi connectivity index (χ4v) is 8.86. The van der Waals surface area contributed by atoms with Crippen molar-refractivity contribution in [2.24, 2.45) is 5.92 Å². The lowest BCUT2D eigenvalue weighted by Crippen LogP contribution is -2.15. The second kappa shape index (κ2) is 14.4. The number of aromatic nitrogens is 1. The van der Waals surface area contributed by atoms with E-state index in [4.69, 9.17) is 9.40 Å². The number of furan rings is 1. The minimum atomic E-state index is 0.00452. The zero-order valence-corrected chi connectivity index (χ0v) is 32.8. The van der Waals surface area contributed by atoms with Crippen molar-refractivity contribution < 1.29 is 4.42 Å². The van der Waals surface area contributed by atoms with Crippen LogP contribution in [0, 0.1) is 40.5 Å². The van der Waals surface area contributed by atoms with E-state index in [1.807, 2.05) is 0 Å². The van der Waals surface area contributed by atoms with Crippen LogP contribution in [-0.4, -0.2) is 4.98 Å². The van der Waals surface area contributed by atoms with Crippen molar-refractivity contribution in [3.8, 4) is 11.3 Å². The molecular weight excluding hydrogens is 631 g/mol. The van der Waals surface area contributed by atoms with Crippen LogP contribution in [0.15, 0.2) is 102 Å². The number of allylic oxidation sites excluding steroid dienone is 4. The Morgan fingerprint density at radius 1 is 0.731 bits per heavy atom. The molecule has 0 radical (unpaired) electrons. The lowest BCUT2D eigenvalue weighted by molar-refractivity contribution is 0.505. The van der Waals surface area contributed by atoms with Crippen LogP contribution in [0.25, 0.3) is 38.8 Å². The maximum atomic E-state index is 6.76. The zero-order chi connectivity index (χ0) is 36.7. The van der Waals surface area contributed by atoms with Crippen molar-refractivity contribution in [1.82, 2.24) is 4.98 Å². The smallest absolute Gasteiger partial charge is 0.145 e. The topological polar surface area (TPSA) is 26.0 Å². The Morgan fingerprint density at radius 3 is 2.21 bits per heavy atom. The van der Waals surface area contributed by atoms with Crippen LogP contribution < -0.4 is 0 Å². The Balaban J connectivity index is 1.32. The molecule has 0 fully saturated rings. The predicted octanol–water partition coefficient (Wildman–Crippen LogP) is 13.8. The molecule has 0 N–H and O–H groups in total. The van der Waals surface area contributed by atoms with Crippen molar-refractivity contribution in [2.45, 2.75) is 106 Å². The van der Waals surface area contributed by atoms with Gasteiger partial charge in [-0.1, -0.05) is 125 Å². The summed E-state index contributed by atoms with van der Waals surface area (Å²) in [5.41, 5.74) is 18.7. The van der Waals surface area contributed by atoms with Gasteiger partial charge >= 0.3 is 0 Å². The molecule has 6 aromatic rings. The van der Waals surface area contributed by atoms with E-state index in [1.54, 1.807) is 0 Å². The number of nitrogens with zero attached hydrogens (tertiary/aromatic N) is 1. The van der Waals surface area contributed by atoms with Gasteiger partial charge in [0.2, 0.25) is 0 Å². The van der Waals surface area contributed by atoms with Crippen LogP contribution in [0.4, 0.5) is 0 Å². The molecule has 2 heteroatoms. The monoisotopic (exact) mass is 685 g/mol. The Morgan fingerprint density at radius 2 is 1.46 bits per heavy atom. The van der Waals surface area contributed by atoms with E-state index in [-0.39, 0.29) is 5.41 Å². The number of unbranched alkanes of at least 4 members (excludes halogenated alkanes) is 1. The number of pyridine rings is 1. The summed E-state index contributed by atoms with van der Waals surface area (Å²) < 4.78 is 6.76. The van der Waals surface area contributed by atoms with Crippen LogP contribution in [0.5, 0.6) is 0 Å². The van der Waals surface area contributed by atoms with Gasteiger partial charge in [0.15, 0.2) is 0 Å². The molecule has 0 bridgehead atoms. The minimum absolute atomic E-state index is 0.00452. The SMILES string of the molecule is CCCCC1C=CC(c2c(C)cc(C)cc2C)=CC1c1ccccc1CCc1ccc2c(oc3cc(C)ccc32)c1-c1cc(C(C)(C)C)c(C)cn1. The second-order valence-electron chi connectivity index (χ2n) is 16.5. The van der Waals surface area contributed by atoms with Gasteiger partial charge in [-0.25, -0.2) is 0 Å². The number of fused-ring (bicyclic) bond motifs is 3. The van der Waals surface area contributed by atoms with E-state index >= 15 is 0 Å². The first-order valence-corrected chi connectivity index (χ1v) is 19.4. The molecular formula is C50H55NO. The third-order valence-corrected chi connectivity index (χ3v) is 11.3. The molecule has 0 aliphatic heterocycles. The molecule has 2 heterocycles. The molecule has 2 aromatic heterocycles. The third kappa shape index (κ3) is 6.93. The lowest BCUT2D eigenvalue weighted by atomic mass is 9.75. The number of hydrogen-bond acceptors (Lipinski definition) is 2. The normalized spacial score (nSPS) is 16.2. The molecule has 266 valence electrons. The van der Waals surface area contributed by atoms with E-state index in [0.717, 1.165) is 46.0 Å². The Kier molecular flexibility index (Phi) is 9.87. The van der Waals surface area contributed by atoms with Gasteiger partial charge in [-0.3, -0.25) is 4.98 Å². The Labute approximate surface area is 311 Å². The van der Waals surface area contributed by atoms with Crippen LogP contribution >= 0.6 is 0 Å². The number of aryl methyl sites for hydroxylation is 7. The van der Waals surface area contributed by atoms with Crippen LogP contribution in [0.3, 0.4) is 0 Å². The van der Waals surface area contributed by atoms with Crippen molar-refractivity contribution in [2.75, 3.05) is 0 Å². The highest BCUT2D eigenvalue weighted by atomic mass is 16.3. The van der Waals surface area contributed by atoms with Gasteiger partial charge in [0.05, 0.1) is 5.69 Å². The van der Waals surface area contributed by atoms with Crippen molar-refractivity contribution in [1.29, 1.82) is 0 Å². The Hall–Kier alpha value is -4.69. The van der Waals surface area contributed by atoms with Gasteiger partial charge in [-0.2, -0.15) is 0 Å². The maximum Gasteiger partial charge on any atom is 0.145 e. The quantitative estimate of drug-likeness (QED) is 0.151. The molecule has 2 nitrogen and oxygen atoms in total. The Bertz CT molecular complexity index is 2320. The number of rotatable bonds is 9. The largest absolute Gasteiger partial charge is 0.455 e. The second-order valence-corrected chi connectivity index (χ2v) is 16.5. The zero-order valence-electron chi connectivity index (χ0n) is 32.8. The number of hydrogen-bond donors (Lipinski definition) is 0. The molecule has 7 rings (SSSR count). The summed E-state index contributed by atoms with van der Waals surface area (Å²) in [5, 5.41) is 2.31. The summed E-state index contributed by atoms with van der Waals surface area (Å²) in [4.78, 5) is 5.09. The fraction of sp³-hybridized carbons (Fsp3) is 0.340. The highest BCUT2D eigenvalue weighted by Gasteiger charge is 2.27. The summed E-state index contributed by atoms with van der Waals surface area (Å²) in [6, 6.07) is 27.3. The van der Waals surface area contributed by atoms with Gasteiger partial charge in [0, 0.05) is 28.5 Å². The van der Waals surface area contributed by atoms with E-state index in [1.165, 1.54) is 80.5 Å². The molecule has 0 saturated carbocycles. The lowest BCUT2D eigenvalue weighted by Gasteiger charge is -2.29. The van der Waals surface area contributed by atoms with E-state index < -0.39 is 0 Å². The van der Waals surface area contributed by atoms with Crippen molar-refractivity contribution in [3.05, 3.63) is 153 Å². The minimum Gasteiger partial charge on any atom is -0.455 e. The molecule has 0 saturated heterocycles. The van der Waals surface area contributed by atoms with Crippen LogP contribution in [0.1, 0.15) is 109 Å². The molecule has 1 aliphatic carbocycles. The summed E-state index contributed by atoms with van der Waals surface area (Å²) in [6.07, 6.45) is 15.0. The highest BCUT2D eigenvalue weighted by Crippen LogP contribution is 2.43. The molecule has 4 aromatic carbocycles. The highest BCUT2D eigenvalue weighted by molar-refractivity contribution is 6.10. The molecule has 0 amide bonds. The third-order valence-electron chi connectivity index (χ3n) is 11.3. The summed E-state index contributed by atoms with van der Waals surface area (Å²) in [7, 11) is 0. The molecule has 0 spiro atoms. The van der Waals surface area contributed by atoms with Gasteiger partial charge in [0.25, 0.3) is 0 Å². The molecule has 52 heavy (non-hydrogen) atoms. The first-order chi connectivity index (χ1) is 24.9. The van der Waals surface area contributed by atoms with Gasteiger partial charge in [0.1, 0.15) is 11.2 Å². The fourth-order valence-electron chi connectivity index (χ4n) is 8.86. The predicted molar refractivity (Wildman–Crippen MR) is 223 cm³/mol. The average Bonchev–Trinajstić information content (AvgIpc) is 3.47. The van der Waals surface area contributed by atoms with E-state index in [2.05, 4.69) is 160 Å². The van der Waals surface area contributed by atoms with E-state index in [9.17, 15) is 0 Å². The maximum absolute atomic E-state index is 6.76. The standard InChI is InChI=1S/C50H55NO/c1-10-11-14-37-19-21-39(47-33(4)25-32(3)26-34(47)5)28-43(37)40-16-13-12-15-36(40)18-20-38-22-24-42-41-23-17-31(2)27-46(41)52-49(42)48(38)45-29-44(50(7,8)9)35(6)30-51-45/h12-13,15-17,19,21-30,37,43H,10-11,14,18,20H2,1-9H3.